The van der Waals surface area contributed by atoms with E-state index in [4.69, 9.17) is 9.47 Å². The van der Waals surface area contributed by atoms with E-state index >= 15 is 0 Å². The monoisotopic (exact) mass is 452 g/mol. The molecule has 1 aliphatic heterocycles. The average molecular weight is 453 g/mol. The van der Waals surface area contributed by atoms with Gasteiger partial charge < -0.3 is 24.4 Å². The lowest BCUT2D eigenvalue weighted by atomic mass is 9.94. The predicted octanol–water partition coefficient (Wildman–Crippen LogP) is 3.92. The Morgan fingerprint density at radius 2 is 1.82 bits per heavy atom. The molecule has 176 valence electrons. The topological polar surface area (TPSA) is 79.3 Å². The van der Waals surface area contributed by atoms with Crippen LogP contribution in [0.5, 0.6) is 5.75 Å². The fourth-order valence-corrected chi connectivity index (χ4v) is 4.06. The lowest BCUT2D eigenvalue weighted by molar-refractivity contribution is -0.140. The van der Waals surface area contributed by atoms with Gasteiger partial charge in [0.05, 0.1) is 18.2 Å². The second kappa shape index (κ2) is 10.5. The summed E-state index contributed by atoms with van der Waals surface area (Å²) in [6.45, 7) is 5.12. The van der Waals surface area contributed by atoms with Crippen LogP contribution in [-0.2, 0) is 14.3 Å². The lowest BCUT2D eigenvalue weighted by Crippen LogP contribution is -2.31. The van der Waals surface area contributed by atoms with Crippen LogP contribution in [0, 0.1) is 6.92 Å². The van der Waals surface area contributed by atoms with E-state index in [1.54, 1.807) is 25.3 Å². The quantitative estimate of drug-likeness (QED) is 0.269. The van der Waals surface area contributed by atoms with Crippen molar-refractivity contribution in [1.29, 1.82) is 0 Å². The van der Waals surface area contributed by atoms with Crippen LogP contribution >= 0.6 is 0 Å². The number of benzene rings is 2. The number of nitrogens with zero attached hydrogens (tertiary/aromatic N) is 2. The molecule has 1 aliphatic rings. The molecule has 2 aromatic rings. The summed E-state index contributed by atoms with van der Waals surface area (Å²) in [7, 11) is 5.49. The third-order valence-electron chi connectivity index (χ3n) is 5.76. The number of Topliss-reactive ketones (excluding diaryl/α,β-unsaturated/α-hetero) is 1. The Labute approximate surface area is 195 Å². The van der Waals surface area contributed by atoms with Crippen molar-refractivity contribution in [3.8, 4) is 5.75 Å². The zero-order chi connectivity index (χ0) is 24.1. The van der Waals surface area contributed by atoms with Crippen molar-refractivity contribution in [2.24, 2.45) is 0 Å². The average Bonchev–Trinajstić information content (AvgIpc) is 3.05. The van der Waals surface area contributed by atoms with Crippen LogP contribution in [0.1, 0.15) is 36.1 Å². The molecule has 1 N–H and O–H groups in total. The Bertz CT molecular complexity index is 1040. The molecule has 2 aromatic carbocycles. The minimum absolute atomic E-state index is 0.0959. The second-order valence-electron chi connectivity index (χ2n) is 8.24. The minimum atomic E-state index is -0.682. The summed E-state index contributed by atoms with van der Waals surface area (Å²) in [5, 5.41) is 11.2. The molecule has 0 aliphatic carbocycles. The molecule has 0 radical (unpaired) electrons. The van der Waals surface area contributed by atoms with Gasteiger partial charge >= 0.3 is 0 Å². The van der Waals surface area contributed by atoms with Gasteiger partial charge in [0.2, 0.25) is 0 Å². The van der Waals surface area contributed by atoms with Crippen LogP contribution in [0.25, 0.3) is 5.76 Å². The number of aliphatic hydroxyl groups excluding tert-OH is 1. The molecule has 0 bridgehead atoms. The summed E-state index contributed by atoms with van der Waals surface area (Å²) < 4.78 is 10.7. The summed E-state index contributed by atoms with van der Waals surface area (Å²) in [6.07, 6.45) is 0.581. The van der Waals surface area contributed by atoms with Gasteiger partial charge in [-0.1, -0.05) is 12.1 Å². The van der Waals surface area contributed by atoms with Gasteiger partial charge in [-0.2, -0.15) is 0 Å². The van der Waals surface area contributed by atoms with Crippen LogP contribution in [-0.4, -0.2) is 62.7 Å². The van der Waals surface area contributed by atoms with Crippen molar-refractivity contribution in [2.45, 2.75) is 26.3 Å². The van der Waals surface area contributed by atoms with Crippen molar-refractivity contribution in [1.82, 2.24) is 4.90 Å². The maximum Gasteiger partial charge on any atom is 0.295 e. The normalized spacial score (nSPS) is 17.5. The summed E-state index contributed by atoms with van der Waals surface area (Å²) in [6, 6.07) is 12.2. The Kier molecular flexibility index (Phi) is 7.76. The lowest BCUT2D eigenvalue weighted by Gasteiger charge is -2.26. The summed E-state index contributed by atoms with van der Waals surface area (Å²) in [4.78, 5) is 29.6. The van der Waals surface area contributed by atoms with Crippen LogP contribution in [0.3, 0.4) is 0 Å². The van der Waals surface area contributed by atoms with Gasteiger partial charge in [-0.05, 0) is 61.7 Å². The molecule has 1 saturated heterocycles. The number of aryl methyl sites for hydroxylation is 1. The van der Waals surface area contributed by atoms with E-state index in [-0.39, 0.29) is 11.3 Å². The highest BCUT2D eigenvalue weighted by atomic mass is 16.5. The second-order valence-corrected chi connectivity index (χ2v) is 8.24. The first kappa shape index (κ1) is 24.3. The number of methoxy groups -OCH3 is 1. The van der Waals surface area contributed by atoms with E-state index in [1.165, 1.54) is 4.90 Å². The van der Waals surface area contributed by atoms with Gasteiger partial charge in [0.15, 0.2) is 0 Å². The van der Waals surface area contributed by atoms with Crippen molar-refractivity contribution in [3.63, 3.8) is 0 Å². The molecular formula is C26H32N2O5. The van der Waals surface area contributed by atoms with E-state index < -0.39 is 17.7 Å². The molecule has 1 fully saturated rings. The molecule has 0 spiro atoms. The standard InChI is InChI=1S/C26H32N2O5/c1-6-33-21-13-10-19(16-17(21)2)24(29)22-23(18-8-11-20(12-9-18)27(3)4)28(14-7-15-32-5)26(31)25(22)30/h8-13,16,23,29H,6-7,14-15H2,1-5H3/b24-22-. The van der Waals surface area contributed by atoms with Crippen molar-refractivity contribution < 1.29 is 24.2 Å². The van der Waals surface area contributed by atoms with Crippen LogP contribution in [0.15, 0.2) is 48.0 Å². The number of carbonyl (C=O) groups excluding carboxylic acids is 2. The highest BCUT2D eigenvalue weighted by Gasteiger charge is 2.45. The molecule has 1 atom stereocenters. The van der Waals surface area contributed by atoms with Gasteiger partial charge in [-0.25, -0.2) is 0 Å². The smallest absolute Gasteiger partial charge is 0.295 e. The number of hydrogen-bond acceptors (Lipinski definition) is 6. The number of likely N-dealkylation sites (tertiary alicyclic amines) is 1. The van der Waals surface area contributed by atoms with Crippen LogP contribution in [0.2, 0.25) is 0 Å². The SMILES string of the molecule is CCOc1ccc(/C(O)=C2/C(=O)C(=O)N(CCCOC)C2c2ccc(N(C)C)cc2)cc1C. The fraction of sp³-hybridized carbons (Fsp3) is 0.385. The molecule has 0 saturated carbocycles. The number of carbonyl (C=O) groups is 2. The predicted molar refractivity (Wildman–Crippen MR) is 129 cm³/mol. The number of amides is 1. The van der Waals surface area contributed by atoms with Gasteiger partial charge in [-0.3, -0.25) is 9.59 Å². The molecule has 7 heteroatoms. The van der Waals surface area contributed by atoms with Gasteiger partial charge in [0, 0.05) is 45.6 Å². The van der Waals surface area contributed by atoms with E-state index in [0.717, 1.165) is 16.8 Å². The Hall–Kier alpha value is -3.32. The summed E-state index contributed by atoms with van der Waals surface area (Å²) in [5.41, 5.74) is 3.17. The van der Waals surface area contributed by atoms with Crippen molar-refractivity contribution in [3.05, 3.63) is 64.7 Å². The number of rotatable bonds is 9. The summed E-state index contributed by atoms with van der Waals surface area (Å²) >= 11 is 0. The first-order valence-electron chi connectivity index (χ1n) is 11.1. The highest BCUT2D eigenvalue weighted by molar-refractivity contribution is 6.46. The highest BCUT2D eigenvalue weighted by Crippen LogP contribution is 2.40. The largest absolute Gasteiger partial charge is 0.507 e. The van der Waals surface area contributed by atoms with Gasteiger partial charge in [0.1, 0.15) is 11.5 Å². The minimum Gasteiger partial charge on any atom is -0.507 e. The van der Waals surface area contributed by atoms with E-state index in [2.05, 4.69) is 0 Å². The third-order valence-corrected chi connectivity index (χ3v) is 5.76. The number of anilines is 1. The third kappa shape index (κ3) is 5.03. The maximum atomic E-state index is 13.1. The number of hydrogen-bond donors (Lipinski definition) is 1. The number of aliphatic hydroxyl groups is 1. The fourth-order valence-electron chi connectivity index (χ4n) is 4.06. The number of ether oxygens (including phenoxy) is 2. The molecule has 7 nitrogen and oxygen atoms in total. The molecule has 1 unspecified atom stereocenters. The first-order chi connectivity index (χ1) is 15.8. The Balaban J connectivity index is 2.10. The zero-order valence-electron chi connectivity index (χ0n) is 19.9. The van der Waals surface area contributed by atoms with E-state index in [0.29, 0.717) is 37.5 Å². The Morgan fingerprint density at radius 1 is 1.12 bits per heavy atom. The van der Waals surface area contributed by atoms with E-state index in [1.807, 2.05) is 57.1 Å². The molecular weight excluding hydrogens is 420 g/mol. The van der Waals surface area contributed by atoms with Gasteiger partial charge in [-0.15, -0.1) is 0 Å². The number of ketones is 1. The molecule has 33 heavy (non-hydrogen) atoms. The van der Waals surface area contributed by atoms with Crippen LogP contribution in [0.4, 0.5) is 5.69 Å². The zero-order valence-corrected chi connectivity index (χ0v) is 19.9. The first-order valence-corrected chi connectivity index (χ1v) is 11.1. The molecule has 0 aromatic heterocycles. The molecule has 1 amide bonds. The maximum absolute atomic E-state index is 13.1. The molecule has 1 heterocycles. The van der Waals surface area contributed by atoms with Crippen LogP contribution < -0.4 is 9.64 Å². The summed E-state index contributed by atoms with van der Waals surface area (Å²) in [5.74, 6) is -0.768. The molecule has 3 rings (SSSR count). The van der Waals surface area contributed by atoms with Crippen molar-refractivity contribution in [2.75, 3.05) is 45.9 Å². The van der Waals surface area contributed by atoms with Gasteiger partial charge in [0.25, 0.3) is 11.7 Å². The Morgan fingerprint density at radius 3 is 2.39 bits per heavy atom. The van der Waals surface area contributed by atoms with E-state index in [9.17, 15) is 14.7 Å². The van der Waals surface area contributed by atoms with Crippen molar-refractivity contribution >= 4 is 23.1 Å².